The van der Waals surface area contributed by atoms with Crippen LogP contribution in [0.4, 0.5) is 0 Å². The largest absolute Gasteiger partial charge is 0.497 e. The van der Waals surface area contributed by atoms with Crippen molar-refractivity contribution in [3.63, 3.8) is 0 Å². The Labute approximate surface area is 89.0 Å². The van der Waals surface area contributed by atoms with E-state index in [0.717, 1.165) is 21.1 Å². The van der Waals surface area contributed by atoms with Crippen molar-refractivity contribution in [3.05, 3.63) is 27.8 Å². The molecule has 0 saturated carbocycles. The Morgan fingerprint density at radius 2 is 2.23 bits per heavy atom. The Morgan fingerprint density at radius 1 is 1.46 bits per heavy atom. The first-order chi connectivity index (χ1) is 6.22. The molecule has 13 heavy (non-hydrogen) atoms. The summed E-state index contributed by atoms with van der Waals surface area (Å²) >= 11 is 9.40. The predicted molar refractivity (Wildman–Crippen MR) is 57.6 cm³/mol. The van der Waals surface area contributed by atoms with Crippen LogP contribution in [0.5, 0.6) is 5.75 Å². The molecule has 1 aromatic carbocycles. The van der Waals surface area contributed by atoms with Gasteiger partial charge in [0.15, 0.2) is 0 Å². The SMILES string of the molecule is COc1cc(Br)c2[nH]cc(Cl)c2c1. The maximum Gasteiger partial charge on any atom is 0.120 e. The van der Waals surface area contributed by atoms with Crippen molar-refractivity contribution in [2.45, 2.75) is 0 Å². The standard InChI is InChI=1S/C9H7BrClNO/c1-13-5-2-6-8(11)4-12-9(6)7(10)3-5/h2-4,12H,1H3. The lowest BCUT2D eigenvalue weighted by molar-refractivity contribution is 0.415. The third kappa shape index (κ3) is 1.42. The lowest BCUT2D eigenvalue weighted by Gasteiger charge is -2.01. The lowest BCUT2D eigenvalue weighted by Crippen LogP contribution is -1.82. The van der Waals surface area contributed by atoms with Crippen molar-refractivity contribution in [1.82, 2.24) is 4.98 Å². The second kappa shape index (κ2) is 3.24. The Hall–Kier alpha value is -0.670. The van der Waals surface area contributed by atoms with Crippen LogP contribution in [0.1, 0.15) is 0 Å². The number of hydrogen-bond donors (Lipinski definition) is 1. The quantitative estimate of drug-likeness (QED) is 0.833. The number of fused-ring (bicyclic) bond motifs is 1. The van der Waals surface area contributed by atoms with Crippen LogP contribution in [0.15, 0.2) is 22.8 Å². The van der Waals surface area contributed by atoms with Crippen LogP contribution in [-0.2, 0) is 0 Å². The molecule has 4 heteroatoms. The molecule has 0 aliphatic carbocycles. The summed E-state index contributed by atoms with van der Waals surface area (Å²) in [6.45, 7) is 0. The summed E-state index contributed by atoms with van der Waals surface area (Å²) in [5.74, 6) is 0.792. The van der Waals surface area contributed by atoms with Gasteiger partial charge in [-0.1, -0.05) is 11.6 Å². The summed E-state index contributed by atoms with van der Waals surface area (Å²) in [5, 5.41) is 1.67. The fraction of sp³-hybridized carbons (Fsp3) is 0.111. The minimum atomic E-state index is 0.703. The van der Waals surface area contributed by atoms with Crippen LogP contribution in [0.25, 0.3) is 10.9 Å². The van der Waals surface area contributed by atoms with E-state index in [1.54, 1.807) is 13.3 Å². The lowest BCUT2D eigenvalue weighted by atomic mass is 10.2. The van der Waals surface area contributed by atoms with E-state index in [4.69, 9.17) is 16.3 Å². The van der Waals surface area contributed by atoms with Gasteiger partial charge in [0.2, 0.25) is 0 Å². The van der Waals surface area contributed by atoms with Crippen molar-refractivity contribution in [2.24, 2.45) is 0 Å². The van der Waals surface area contributed by atoms with E-state index < -0.39 is 0 Å². The van der Waals surface area contributed by atoms with Crippen molar-refractivity contribution in [2.75, 3.05) is 7.11 Å². The molecule has 0 atom stereocenters. The van der Waals surface area contributed by atoms with Gasteiger partial charge >= 0.3 is 0 Å². The molecule has 0 spiro atoms. The van der Waals surface area contributed by atoms with Gasteiger partial charge in [-0.15, -0.1) is 0 Å². The normalized spacial score (nSPS) is 10.7. The minimum Gasteiger partial charge on any atom is -0.497 e. The molecule has 68 valence electrons. The first kappa shape index (κ1) is 8.91. The fourth-order valence-electron chi connectivity index (χ4n) is 1.25. The molecule has 2 nitrogen and oxygen atoms in total. The fourth-order valence-corrected chi connectivity index (χ4v) is 2.01. The van der Waals surface area contributed by atoms with Crippen LogP contribution in [-0.4, -0.2) is 12.1 Å². The van der Waals surface area contributed by atoms with Crippen LogP contribution in [0.2, 0.25) is 5.02 Å². The van der Waals surface area contributed by atoms with E-state index in [-0.39, 0.29) is 0 Å². The summed E-state index contributed by atoms with van der Waals surface area (Å²) < 4.78 is 6.08. The number of benzene rings is 1. The maximum absolute atomic E-state index is 5.97. The second-order valence-corrected chi connectivity index (χ2v) is 3.93. The maximum atomic E-state index is 5.97. The summed E-state index contributed by atoms with van der Waals surface area (Å²) in [4.78, 5) is 3.07. The molecule has 0 saturated heterocycles. The van der Waals surface area contributed by atoms with Crippen molar-refractivity contribution >= 4 is 38.4 Å². The average molecular weight is 261 g/mol. The monoisotopic (exact) mass is 259 g/mol. The number of H-pyrrole nitrogens is 1. The van der Waals surface area contributed by atoms with Gasteiger partial charge in [0.05, 0.1) is 17.6 Å². The van der Waals surface area contributed by atoms with Crippen LogP contribution >= 0.6 is 27.5 Å². The minimum absolute atomic E-state index is 0.703. The second-order valence-electron chi connectivity index (χ2n) is 2.67. The third-order valence-electron chi connectivity index (χ3n) is 1.90. The van der Waals surface area contributed by atoms with Crippen LogP contribution in [0, 0.1) is 0 Å². The zero-order chi connectivity index (χ0) is 9.42. The van der Waals surface area contributed by atoms with Gasteiger partial charge in [-0.05, 0) is 28.1 Å². The van der Waals surface area contributed by atoms with Crippen molar-refractivity contribution in [3.8, 4) is 5.75 Å². The van der Waals surface area contributed by atoms with Crippen molar-refractivity contribution in [1.29, 1.82) is 0 Å². The Bertz CT molecular complexity index is 452. The molecule has 0 bridgehead atoms. The molecular formula is C9H7BrClNO. The molecule has 2 aromatic rings. The zero-order valence-electron chi connectivity index (χ0n) is 6.90. The molecule has 0 amide bonds. The molecule has 0 aliphatic heterocycles. The van der Waals surface area contributed by atoms with Gasteiger partial charge in [0.25, 0.3) is 0 Å². The highest BCUT2D eigenvalue weighted by Crippen LogP contribution is 2.32. The summed E-state index contributed by atoms with van der Waals surface area (Å²) in [7, 11) is 1.63. The number of ether oxygens (including phenoxy) is 1. The van der Waals surface area contributed by atoms with E-state index in [9.17, 15) is 0 Å². The molecule has 1 heterocycles. The average Bonchev–Trinajstić information content (AvgIpc) is 2.48. The third-order valence-corrected chi connectivity index (χ3v) is 2.84. The molecule has 0 aliphatic rings. The number of hydrogen-bond acceptors (Lipinski definition) is 1. The van der Waals surface area contributed by atoms with E-state index >= 15 is 0 Å². The summed E-state index contributed by atoms with van der Waals surface area (Å²) in [6, 6.07) is 3.80. The summed E-state index contributed by atoms with van der Waals surface area (Å²) in [5.41, 5.74) is 0.991. The van der Waals surface area contributed by atoms with E-state index in [0.29, 0.717) is 5.02 Å². The molecule has 0 radical (unpaired) electrons. The zero-order valence-corrected chi connectivity index (χ0v) is 9.24. The Morgan fingerprint density at radius 3 is 2.92 bits per heavy atom. The van der Waals surface area contributed by atoms with Gasteiger partial charge < -0.3 is 9.72 Å². The highest BCUT2D eigenvalue weighted by molar-refractivity contribution is 9.10. The van der Waals surface area contributed by atoms with E-state index in [1.807, 2.05) is 12.1 Å². The molecule has 1 aromatic heterocycles. The number of nitrogens with one attached hydrogen (secondary N) is 1. The first-order valence-electron chi connectivity index (χ1n) is 3.72. The van der Waals surface area contributed by atoms with Gasteiger partial charge in [-0.2, -0.15) is 0 Å². The Kier molecular flexibility index (Phi) is 2.22. The van der Waals surface area contributed by atoms with Gasteiger partial charge in [0.1, 0.15) is 5.75 Å². The Balaban J connectivity index is 2.80. The van der Waals surface area contributed by atoms with E-state index in [2.05, 4.69) is 20.9 Å². The molecule has 2 rings (SSSR count). The first-order valence-corrected chi connectivity index (χ1v) is 4.89. The molecular weight excluding hydrogens is 253 g/mol. The van der Waals surface area contributed by atoms with E-state index in [1.165, 1.54) is 0 Å². The molecule has 0 fully saturated rings. The van der Waals surface area contributed by atoms with Gasteiger partial charge in [0, 0.05) is 16.1 Å². The van der Waals surface area contributed by atoms with Gasteiger partial charge in [-0.3, -0.25) is 0 Å². The molecule has 1 N–H and O–H groups in total. The predicted octanol–water partition coefficient (Wildman–Crippen LogP) is 3.59. The van der Waals surface area contributed by atoms with Crippen molar-refractivity contribution < 1.29 is 4.74 Å². The number of aromatic amines is 1. The smallest absolute Gasteiger partial charge is 0.120 e. The van der Waals surface area contributed by atoms with Gasteiger partial charge in [-0.25, -0.2) is 0 Å². The van der Waals surface area contributed by atoms with Crippen LogP contribution in [0.3, 0.4) is 0 Å². The number of halogens is 2. The topological polar surface area (TPSA) is 25.0 Å². The highest BCUT2D eigenvalue weighted by Gasteiger charge is 2.06. The summed E-state index contributed by atoms with van der Waals surface area (Å²) in [6.07, 6.45) is 1.76. The number of aromatic nitrogens is 1. The molecule has 0 unspecified atom stereocenters. The number of rotatable bonds is 1. The van der Waals surface area contributed by atoms with Crippen LogP contribution < -0.4 is 4.74 Å². The number of methoxy groups -OCH3 is 1. The highest BCUT2D eigenvalue weighted by atomic mass is 79.9.